The molecule has 0 radical (unpaired) electrons. The number of aliphatic hydroxyl groups excluding tert-OH is 1. The molecule has 10 nitrogen and oxygen atoms in total. The van der Waals surface area contributed by atoms with Crippen molar-refractivity contribution in [3.63, 3.8) is 0 Å². The van der Waals surface area contributed by atoms with Crippen molar-refractivity contribution in [3.05, 3.63) is 71.8 Å². The first kappa shape index (κ1) is 29.3. The van der Waals surface area contributed by atoms with E-state index in [9.17, 15) is 24.6 Å². The maximum absolute atomic E-state index is 14.4. The van der Waals surface area contributed by atoms with Crippen molar-refractivity contribution in [2.75, 3.05) is 36.1 Å². The Bertz CT molecular complexity index is 1470. The van der Waals surface area contributed by atoms with Gasteiger partial charge in [0.05, 0.1) is 43.0 Å². The van der Waals surface area contributed by atoms with Crippen molar-refractivity contribution in [2.24, 2.45) is 11.8 Å². The first-order valence-corrected chi connectivity index (χ1v) is 14.9. The van der Waals surface area contributed by atoms with E-state index in [1.54, 1.807) is 47.9 Å². The van der Waals surface area contributed by atoms with Crippen LogP contribution in [0, 0.1) is 11.8 Å². The third-order valence-electron chi connectivity index (χ3n) is 9.61. The number of aliphatic hydroxyl groups is 2. The zero-order valence-electron chi connectivity index (χ0n) is 24.9. The molecule has 0 aliphatic carbocycles. The molecular weight excluding hydrogens is 550 g/mol. The van der Waals surface area contributed by atoms with Gasteiger partial charge in [-0.1, -0.05) is 37.3 Å². The van der Waals surface area contributed by atoms with Gasteiger partial charge in [0.15, 0.2) is 5.60 Å². The maximum atomic E-state index is 14.4. The predicted octanol–water partition coefficient (Wildman–Crippen LogP) is 3.13. The van der Waals surface area contributed by atoms with Gasteiger partial charge in [0.25, 0.3) is 5.91 Å². The number of ether oxygens (including phenoxy) is 2. The van der Waals surface area contributed by atoms with Crippen LogP contribution < -0.4 is 9.80 Å². The zero-order chi connectivity index (χ0) is 30.7. The van der Waals surface area contributed by atoms with Gasteiger partial charge in [0.1, 0.15) is 6.61 Å². The van der Waals surface area contributed by atoms with Crippen LogP contribution in [0.25, 0.3) is 0 Å². The lowest BCUT2D eigenvalue weighted by molar-refractivity contribution is -0.151. The fourth-order valence-corrected chi connectivity index (χ4v) is 7.70. The lowest BCUT2D eigenvalue weighted by Gasteiger charge is -2.38. The summed E-state index contributed by atoms with van der Waals surface area (Å²) >= 11 is 0. The Morgan fingerprint density at radius 2 is 1.93 bits per heavy atom. The summed E-state index contributed by atoms with van der Waals surface area (Å²) in [6, 6.07) is 12.9. The van der Waals surface area contributed by atoms with Gasteiger partial charge < -0.3 is 29.5 Å². The van der Waals surface area contributed by atoms with E-state index in [4.69, 9.17) is 9.47 Å². The van der Waals surface area contributed by atoms with Crippen LogP contribution in [0.2, 0.25) is 0 Å². The number of amides is 3. The highest BCUT2D eigenvalue weighted by atomic mass is 16.6. The Morgan fingerprint density at radius 1 is 1.19 bits per heavy atom. The molecule has 0 aromatic heterocycles. The van der Waals surface area contributed by atoms with Crippen LogP contribution in [0.15, 0.2) is 55.1 Å². The summed E-state index contributed by atoms with van der Waals surface area (Å²) in [5.74, 6) is -1.61. The van der Waals surface area contributed by atoms with Crippen molar-refractivity contribution < 1.29 is 34.1 Å². The Kier molecular flexibility index (Phi) is 7.35. The van der Waals surface area contributed by atoms with Crippen LogP contribution in [0.3, 0.4) is 0 Å². The molecule has 10 heteroatoms. The number of nitrogens with zero attached hydrogens (tertiary/aromatic N) is 3. The number of rotatable bonds is 7. The highest BCUT2D eigenvalue weighted by Crippen LogP contribution is 2.58. The third kappa shape index (κ3) is 4.63. The van der Waals surface area contributed by atoms with E-state index in [0.29, 0.717) is 36.4 Å². The largest absolute Gasteiger partial charge is 0.447 e. The molecule has 228 valence electrons. The minimum Gasteiger partial charge on any atom is -0.447 e. The highest BCUT2D eigenvalue weighted by Gasteiger charge is 2.66. The number of anilines is 2. The smallest absolute Gasteiger partial charge is 0.414 e. The summed E-state index contributed by atoms with van der Waals surface area (Å²) in [5.41, 5.74) is 1.18. The van der Waals surface area contributed by atoms with Gasteiger partial charge in [-0.15, -0.1) is 6.58 Å². The Hall–Kier alpha value is -3.73. The molecule has 3 amide bonds. The van der Waals surface area contributed by atoms with Crippen LogP contribution in [-0.4, -0.2) is 77.1 Å². The topological polar surface area (TPSA) is 120 Å². The van der Waals surface area contributed by atoms with Gasteiger partial charge in [0.2, 0.25) is 5.91 Å². The van der Waals surface area contributed by atoms with E-state index in [1.807, 2.05) is 31.2 Å². The Labute approximate surface area is 251 Å². The van der Waals surface area contributed by atoms with Crippen molar-refractivity contribution in [1.29, 1.82) is 0 Å². The number of cyclic esters (lactones) is 1. The number of carbonyl (C=O) groups excluding carboxylic acids is 3. The second-order valence-electron chi connectivity index (χ2n) is 12.6. The van der Waals surface area contributed by atoms with E-state index in [-0.39, 0.29) is 44.0 Å². The summed E-state index contributed by atoms with van der Waals surface area (Å²) in [5, 5.41) is 21.6. The molecule has 0 unspecified atom stereocenters. The zero-order valence-corrected chi connectivity index (χ0v) is 24.9. The van der Waals surface area contributed by atoms with Crippen molar-refractivity contribution >= 4 is 29.3 Å². The molecule has 5 atom stereocenters. The second kappa shape index (κ2) is 10.8. The van der Waals surface area contributed by atoms with Crippen LogP contribution in [0.1, 0.15) is 43.9 Å². The van der Waals surface area contributed by atoms with E-state index in [1.165, 1.54) is 4.90 Å². The van der Waals surface area contributed by atoms with Gasteiger partial charge >= 0.3 is 6.09 Å². The number of carbonyl (C=O) groups is 3. The first-order valence-electron chi connectivity index (χ1n) is 14.9. The van der Waals surface area contributed by atoms with E-state index >= 15 is 0 Å². The average Bonchev–Trinajstić information content (AvgIpc) is 3.61. The summed E-state index contributed by atoms with van der Waals surface area (Å²) in [7, 11) is 0. The molecule has 4 heterocycles. The highest BCUT2D eigenvalue weighted by molar-refractivity contribution is 6.08. The number of fused-ring (bicyclic) bond motifs is 3. The molecule has 0 saturated carbocycles. The van der Waals surface area contributed by atoms with Crippen LogP contribution in [0.5, 0.6) is 0 Å². The lowest BCUT2D eigenvalue weighted by Crippen LogP contribution is -2.48. The molecule has 1 spiro atoms. The fourth-order valence-electron chi connectivity index (χ4n) is 7.70. The van der Waals surface area contributed by atoms with Gasteiger partial charge in [-0.2, -0.15) is 0 Å². The van der Waals surface area contributed by atoms with Gasteiger partial charge in [0, 0.05) is 36.2 Å². The Balaban J connectivity index is 1.38. The molecule has 2 aromatic carbocycles. The number of benzene rings is 2. The first-order chi connectivity index (χ1) is 20.5. The summed E-state index contributed by atoms with van der Waals surface area (Å²) < 4.78 is 11.9. The molecule has 0 bridgehead atoms. The SMILES string of the molecule is C=CCN1C(=O)[C@@]2(O[C@@H](CC(=O)N3Cc4ccccc4C[C@H]3CO)[C@H](C(C)(C)O)[C@H]2C)c2cc(N3CCOC3=O)ccc21. The predicted molar refractivity (Wildman–Crippen MR) is 159 cm³/mol. The molecule has 2 N–H and O–H groups in total. The minimum atomic E-state index is -1.49. The molecule has 43 heavy (non-hydrogen) atoms. The van der Waals surface area contributed by atoms with E-state index in [2.05, 4.69) is 6.58 Å². The molecule has 2 fully saturated rings. The number of hydrogen-bond donors (Lipinski definition) is 2. The molecule has 2 aromatic rings. The summed E-state index contributed by atoms with van der Waals surface area (Å²) in [6.07, 6.45) is 0.871. The monoisotopic (exact) mass is 589 g/mol. The van der Waals surface area contributed by atoms with Crippen LogP contribution >= 0.6 is 0 Å². The van der Waals surface area contributed by atoms with Crippen molar-refractivity contribution in [3.8, 4) is 0 Å². The van der Waals surface area contributed by atoms with Crippen LogP contribution in [0.4, 0.5) is 16.2 Å². The normalized spacial score (nSPS) is 28.3. The van der Waals surface area contributed by atoms with Gasteiger partial charge in [-0.05, 0) is 49.6 Å². The molecule has 4 aliphatic heterocycles. The molecular formula is C33H39N3O7. The molecule has 4 aliphatic rings. The minimum absolute atomic E-state index is 0.0678. The average molecular weight is 590 g/mol. The molecule has 2 saturated heterocycles. The molecule has 6 rings (SSSR count). The maximum Gasteiger partial charge on any atom is 0.414 e. The van der Waals surface area contributed by atoms with Crippen molar-refractivity contribution in [1.82, 2.24) is 4.90 Å². The van der Waals surface area contributed by atoms with E-state index < -0.39 is 35.2 Å². The van der Waals surface area contributed by atoms with Crippen LogP contribution in [-0.2, 0) is 37.6 Å². The standard InChI is InChI=1S/C33H39N3O7/c1-5-12-35-26-11-10-23(34-13-14-42-31(34)40)16-25(26)33(30(35)39)20(2)29(32(3,4)41)27(43-33)17-28(38)36-18-22-9-7-6-8-21(22)15-24(36)19-37/h5-11,16,20,24,27,29,37,41H,1,12-15,17-19H2,2-4H3/t20-,24+,27+,29-,33+/m1/s1. The lowest BCUT2D eigenvalue weighted by atomic mass is 9.70. The quantitative estimate of drug-likeness (QED) is 0.477. The third-order valence-corrected chi connectivity index (χ3v) is 9.61. The fraction of sp³-hybridized carbons (Fsp3) is 0.485. The second-order valence-corrected chi connectivity index (χ2v) is 12.6. The van der Waals surface area contributed by atoms with Gasteiger partial charge in [-0.3, -0.25) is 14.5 Å². The Morgan fingerprint density at radius 3 is 2.58 bits per heavy atom. The van der Waals surface area contributed by atoms with Gasteiger partial charge in [-0.25, -0.2) is 4.79 Å². The number of hydrogen-bond acceptors (Lipinski definition) is 7. The van der Waals surface area contributed by atoms with E-state index in [0.717, 1.165) is 11.1 Å². The van der Waals surface area contributed by atoms with Crippen molar-refractivity contribution in [2.45, 2.75) is 63.5 Å². The summed E-state index contributed by atoms with van der Waals surface area (Å²) in [6.45, 7) is 10.2. The summed E-state index contributed by atoms with van der Waals surface area (Å²) in [4.78, 5) is 45.6.